The van der Waals surface area contributed by atoms with Crippen LogP contribution in [0.15, 0.2) is 30.3 Å². The van der Waals surface area contributed by atoms with E-state index in [9.17, 15) is 4.79 Å². The number of hydrogen-bond acceptors (Lipinski definition) is 2. The standard InChI is InChI=1S/C13H17NOS/c15-13(11-6-2-1-3-7-11)14-10-12-8-4-5-9-16-12/h1-3,6-7,12H,4-5,8-10H2,(H,14,15). The molecule has 0 aliphatic carbocycles. The predicted octanol–water partition coefficient (Wildman–Crippen LogP) is 2.70. The molecule has 1 heterocycles. The summed E-state index contributed by atoms with van der Waals surface area (Å²) in [4.78, 5) is 11.8. The summed E-state index contributed by atoms with van der Waals surface area (Å²) >= 11 is 1.99. The van der Waals surface area contributed by atoms with Crippen molar-refractivity contribution >= 4 is 17.7 Å². The van der Waals surface area contributed by atoms with E-state index in [1.165, 1.54) is 25.0 Å². The second-order valence-electron chi connectivity index (χ2n) is 4.06. The smallest absolute Gasteiger partial charge is 0.251 e. The number of thioether (sulfide) groups is 1. The van der Waals surface area contributed by atoms with Crippen LogP contribution in [0.2, 0.25) is 0 Å². The maximum absolute atomic E-state index is 11.8. The highest BCUT2D eigenvalue weighted by Crippen LogP contribution is 2.24. The highest BCUT2D eigenvalue weighted by atomic mass is 32.2. The summed E-state index contributed by atoms with van der Waals surface area (Å²) in [5, 5.41) is 3.62. The normalized spacial score (nSPS) is 20.4. The third-order valence-corrected chi connectivity index (χ3v) is 4.20. The molecule has 1 amide bonds. The Bertz CT molecular complexity index is 333. The Morgan fingerprint density at radius 3 is 2.81 bits per heavy atom. The Labute approximate surface area is 101 Å². The fourth-order valence-electron chi connectivity index (χ4n) is 1.87. The third-order valence-electron chi connectivity index (χ3n) is 2.80. The van der Waals surface area contributed by atoms with Crippen LogP contribution < -0.4 is 5.32 Å². The monoisotopic (exact) mass is 235 g/mol. The van der Waals surface area contributed by atoms with Gasteiger partial charge in [-0.2, -0.15) is 11.8 Å². The van der Waals surface area contributed by atoms with Crippen LogP contribution in [0.5, 0.6) is 0 Å². The van der Waals surface area contributed by atoms with Gasteiger partial charge in [0.15, 0.2) is 0 Å². The predicted molar refractivity (Wildman–Crippen MR) is 68.9 cm³/mol. The summed E-state index contributed by atoms with van der Waals surface area (Å²) in [7, 11) is 0. The fourth-order valence-corrected chi connectivity index (χ4v) is 3.11. The van der Waals surface area contributed by atoms with Crippen LogP contribution in [0, 0.1) is 0 Å². The van der Waals surface area contributed by atoms with Gasteiger partial charge >= 0.3 is 0 Å². The van der Waals surface area contributed by atoms with Crippen LogP contribution in [0.3, 0.4) is 0 Å². The third kappa shape index (κ3) is 3.27. The van der Waals surface area contributed by atoms with E-state index in [2.05, 4.69) is 5.32 Å². The molecule has 3 heteroatoms. The molecule has 1 aliphatic rings. The molecule has 1 saturated heterocycles. The molecule has 0 radical (unpaired) electrons. The lowest BCUT2D eigenvalue weighted by molar-refractivity contribution is 0.0953. The summed E-state index contributed by atoms with van der Waals surface area (Å²) in [5.41, 5.74) is 0.753. The first-order valence-electron chi connectivity index (χ1n) is 5.81. The maximum Gasteiger partial charge on any atom is 0.251 e. The Kier molecular flexibility index (Phi) is 4.28. The lowest BCUT2D eigenvalue weighted by Gasteiger charge is -2.21. The molecule has 0 saturated carbocycles. The van der Waals surface area contributed by atoms with Crippen molar-refractivity contribution in [1.29, 1.82) is 0 Å². The number of rotatable bonds is 3. The minimum Gasteiger partial charge on any atom is -0.351 e. The number of carbonyl (C=O) groups is 1. The number of amides is 1. The molecule has 1 unspecified atom stereocenters. The minimum absolute atomic E-state index is 0.0479. The Balaban J connectivity index is 1.79. The zero-order valence-corrected chi connectivity index (χ0v) is 10.1. The first-order valence-corrected chi connectivity index (χ1v) is 6.86. The molecule has 16 heavy (non-hydrogen) atoms. The minimum atomic E-state index is 0.0479. The first-order chi connectivity index (χ1) is 7.86. The van der Waals surface area contributed by atoms with Gasteiger partial charge in [0, 0.05) is 17.4 Å². The van der Waals surface area contributed by atoms with Crippen LogP contribution in [0.1, 0.15) is 29.6 Å². The average Bonchev–Trinajstić information content (AvgIpc) is 2.38. The quantitative estimate of drug-likeness (QED) is 0.872. The van der Waals surface area contributed by atoms with Gasteiger partial charge < -0.3 is 5.32 Å². The van der Waals surface area contributed by atoms with Crippen LogP contribution >= 0.6 is 11.8 Å². The molecular formula is C13H17NOS. The highest BCUT2D eigenvalue weighted by molar-refractivity contribution is 7.99. The van der Waals surface area contributed by atoms with Crippen LogP contribution in [0.4, 0.5) is 0 Å². The van der Waals surface area contributed by atoms with Crippen LogP contribution in [-0.4, -0.2) is 23.5 Å². The Morgan fingerprint density at radius 2 is 2.12 bits per heavy atom. The summed E-state index contributed by atoms with van der Waals surface area (Å²) in [6.07, 6.45) is 3.87. The zero-order chi connectivity index (χ0) is 11.2. The molecule has 0 aromatic heterocycles. The number of nitrogens with one attached hydrogen (secondary N) is 1. The maximum atomic E-state index is 11.8. The Hall–Kier alpha value is -0.960. The van der Waals surface area contributed by atoms with Gasteiger partial charge in [-0.15, -0.1) is 0 Å². The number of benzene rings is 1. The molecule has 1 aliphatic heterocycles. The van der Waals surface area contributed by atoms with Crippen molar-refractivity contribution in [3.8, 4) is 0 Å². The molecule has 2 nitrogen and oxygen atoms in total. The molecular weight excluding hydrogens is 218 g/mol. The van der Waals surface area contributed by atoms with Gasteiger partial charge in [0.2, 0.25) is 0 Å². The number of carbonyl (C=O) groups excluding carboxylic acids is 1. The molecule has 1 aromatic rings. The van der Waals surface area contributed by atoms with Gasteiger partial charge in [0.05, 0.1) is 0 Å². The van der Waals surface area contributed by atoms with E-state index >= 15 is 0 Å². The zero-order valence-electron chi connectivity index (χ0n) is 9.32. The second-order valence-corrected chi connectivity index (χ2v) is 5.47. The van der Waals surface area contributed by atoms with E-state index in [1.54, 1.807) is 0 Å². The van der Waals surface area contributed by atoms with Gasteiger partial charge in [-0.05, 0) is 30.7 Å². The number of hydrogen-bond donors (Lipinski definition) is 1. The van der Waals surface area contributed by atoms with Gasteiger partial charge in [0.1, 0.15) is 0 Å². The topological polar surface area (TPSA) is 29.1 Å². The van der Waals surface area contributed by atoms with E-state index in [0.29, 0.717) is 5.25 Å². The van der Waals surface area contributed by atoms with Crippen molar-refractivity contribution in [2.75, 3.05) is 12.3 Å². The van der Waals surface area contributed by atoms with E-state index in [-0.39, 0.29) is 5.91 Å². The van der Waals surface area contributed by atoms with Gasteiger partial charge in [-0.3, -0.25) is 4.79 Å². The summed E-state index contributed by atoms with van der Waals surface area (Å²) in [6, 6.07) is 9.41. The van der Waals surface area contributed by atoms with Crippen molar-refractivity contribution in [2.45, 2.75) is 24.5 Å². The summed E-state index contributed by atoms with van der Waals surface area (Å²) < 4.78 is 0. The van der Waals surface area contributed by atoms with Gasteiger partial charge in [-0.25, -0.2) is 0 Å². The summed E-state index contributed by atoms with van der Waals surface area (Å²) in [6.45, 7) is 0.804. The second kappa shape index (κ2) is 5.94. The van der Waals surface area contributed by atoms with E-state index < -0.39 is 0 Å². The van der Waals surface area contributed by atoms with Crippen molar-refractivity contribution in [3.63, 3.8) is 0 Å². The molecule has 0 spiro atoms. The lowest BCUT2D eigenvalue weighted by Crippen LogP contribution is -2.31. The van der Waals surface area contributed by atoms with Gasteiger partial charge in [0.25, 0.3) is 5.91 Å². The van der Waals surface area contributed by atoms with E-state index in [4.69, 9.17) is 0 Å². The van der Waals surface area contributed by atoms with Crippen molar-refractivity contribution < 1.29 is 4.79 Å². The Morgan fingerprint density at radius 1 is 1.31 bits per heavy atom. The molecule has 86 valence electrons. The highest BCUT2D eigenvalue weighted by Gasteiger charge is 2.14. The van der Waals surface area contributed by atoms with Crippen LogP contribution in [-0.2, 0) is 0 Å². The molecule has 2 rings (SSSR count). The fraction of sp³-hybridized carbons (Fsp3) is 0.462. The molecule has 1 fully saturated rings. The van der Waals surface area contributed by atoms with E-state index in [1.807, 2.05) is 42.1 Å². The van der Waals surface area contributed by atoms with Crippen molar-refractivity contribution in [2.24, 2.45) is 0 Å². The SMILES string of the molecule is O=C(NCC1CCCCS1)c1ccccc1. The van der Waals surface area contributed by atoms with Crippen LogP contribution in [0.25, 0.3) is 0 Å². The van der Waals surface area contributed by atoms with Crippen molar-refractivity contribution in [1.82, 2.24) is 5.32 Å². The van der Waals surface area contributed by atoms with Crippen molar-refractivity contribution in [3.05, 3.63) is 35.9 Å². The van der Waals surface area contributed by atoms with E-state index in [0.717, 1.165) is 12.1 Å². The molecule has 1 atom stereocenters. The molecule has 0 bridgehead atoms. The lowest BCUT2D eigenvalue weighted by atomic mass is 10.2. The average molecular weight is 235 g/mol. The molecule has 1 aromatic carbocycles. The largest absolute Gasteiger partial charge is 0.351 e. The summed E-state index contributed by atoms with van der Waals surface area (Å²) in [5.74, 6) is 1.29. The molecule has 1 N–H and O–H groups in total. The van der Waals surface area contributed by atoms with Gasteiger partial charge in [-0.1, -0.05) is 24.6 Å². The first kappa shape index (κ1) is 11.5.